The van der Waals surface area contributed by atoms with E-state index >= 15 is 0 Å². The normalized spacial score (nSPS) is 13.7. The van der Waals surface area contributed by atoms with Crippen LogP contribution < -0.4 is 9.80 Å². The summed E-state index contributed by atoms with van der Waals surface area (Å²) in [5.74, 6) is -2.86. The van der Waals surface area contributed by atoms with E-state index in [0.29, 0.717) is 37.2 Å². The van der Waals surface area contributed by atoms with Gasteiger partial charge in [-0.05, 0) is 72.9 Å². The largest absolute Gasteiger partial charge is 0.425 e. The van der Waals surface area contributed by atoms with Gasteiger partial charge in [0, 0.05) is 55.2 Å². The van der Waals surface area contributed by atoms with Crippen LogP contribution in [0.4, 0.5) is 11.4 Å². The summed E-state index contributed by atoms with van der Waals surface area (Å²) in [6, 6.07) is 8.13. The molecular formula is C46H57N3O10. The Morgan fingerprint density at radius 1 is 0.576 bits per heavy atom. The number of imide groups is 3. The molecule has 5 rings (SSSR count). The molecule has 0 aliphatic carbocycles. The van der Waals surface area contributed by atoms with E-state index in [1.807, 2.05) is 52.0 Å². The van der Waals surface area contributed by atoms with Gasteiger partial charge in [-0.3, -0.25) is 33.7 Å². The van der Waals surface area contributed by atoms with Crippen LogP contribution in [0.15, 0.2) is 86.0 Å². The lowest BCUT2D eigenvalue weighted by atomic mass is 9.93. The van der Waals surface area contributed by atoms with E-state index in [1.54, 1.807) is 0 Å². The first kappa shape index (κ1) is 50.5. The Labute approximate surface area is 347 Å². The van der Waals surface area contributed by atoms with Crippen molar-refractivity contribution in [1.82, 2.24) is 4.90 Å². The van der Waals surface area contributed by atoms with Gasteiger partial charge in [0.25, 0.3) is 35.4 Å². The van der Waals surface area contributed by atoms with E-state index in [4.69, 9.17) is 0 Å². The lowest BCUT2D eigenvalue weighted by Crippen LogP contribution is -2.31. The molecule has 13 heteroatoms. The Kier molecular flexibility index (Phi) is 20.8. The molecule has 0 N–H and O–H groups in total. The van der Waals surface area contributed by atoms with Crippen molar-refractivity contribution in [3.8, 4) is 0 Å². The monoisotopic (exact) mass is 811 g/mol. The van der Waals surface area contributed by atoms with Gasteiger partial charge >= 0.3 is 11.9 Å². The molecule has 2 aromatic carbocycles. The molecule has 3 heterocycles. The van der Waals surface area contributed by atoms with Gasteiger partial charge in [0.1, 0.15) is 0 Å². The number of carbonyl (C=O) groups is 8. The Bertz CT molecular complexity index is 1870. The zero-order valence-corrected chi connectivity index (χ0v) is 33.1. The van der Waals surface area contributed by atoms with Crippen molar-refractivity contribution in [2.24, 2.45) is 0 Å². The van der Waals surface area contributed by atoms with Crippen LogP contribution in [-0.4, -0.2) is 65.6 Å². The van der Waals surface area contributed by atoms with Gasteiger partial charge in [-0.1, -0.05) is 92.3 Å². The second-order valence-corrected chi connectivity index (χ2v) is 13.1. The Morgan fingerprint density at radius 2 is 0.949 bits per heavy atom. The molecular weight excluding hydrogens is 755 g/mol. The number of hydrogen-bond acceptors (Lipinski definition) is 10. The Hall–Kier alpha value is -6.50. The van der Waals surface area contributed by atoms with E-state index in [9.17, 15) is 38.4 Å². The number of ether oxygens (including phenoxy) is 2. The van der Waals surface area contributed by atoms with Crippen LogP contribution in [0.2, 0.25) is 0 Å². The first-order valence-corrected chi connectivity index (χ1v) is 18.7. The summed E-state index contributed by atoms with van der Waals surface area (Å²) < 4.78 is 8.63. The van der Waals surface area contributed by atoms with Crippen LogP contribution in [0.1, 0.15) is 94.7 Å². The first-order chi connectivity index (χ1) is 27.2. The second-order valence-electron chi connectivity index (χ2n) is 13.1. The summed E-state index contributed by atoms with van der Waals surface area (Å²) in [6.45, 7) is 16.4. The SMILES string of the molecule is C.C.C=CC(=O)OCOC(=O)C=C.CCCCCCN1C(=O)C=CC1=O.CCc1cc(Cc2cc(C)c(N3C(=O)C=CC3=O)c(CC)c2)cc(C)c1N1C(=O)C=CC1=O. The van der Waals surface area contributed by atoms with Crippen molar-refractivity contribution >= 4 is 58.8 Å². The van der Waals surface area contributed by atoms with E-state index in [0.717, 1.165) is 58.4 Å². The van der Waals surface area contributed by atoms with Crippen molar-refractivity contribution in [2.45, 2.75) is 94.4 Å². The number of esters is 2. The highest BCUT2D eigenvalue weighted by molar-refractivity contribution is 6.29. The Morgan fingerprint density at radius 3 is 1.29 bits per heavy atom. The van der Waals surface area contributed by atoms with Gasteiger partial charge in [-0.25, -0.2) is 19.4 Å². The average Bonchev–Trinajstić information content (AvgIpc) is 3.82. The molecule has 6 amide bonds. The zero-order chi connectivity index (χ0) is 42.2. The van der Waals surface area contributed by atoms with E-state index in [-0.39, 0.29) is 50.3 Å². The molecule has 2 aromatic rings. The summed E-state index contributed by atoms with van der Waals surface area (Å²) in [6.07, 6.45) is 16.2. The molecule has 0 fully saturated rings. The maximum atomic E-state index is 12.2. The predicted molar refractivity (Wildman–Crippen MR) is 228 cm³/mol. The van der Waals surface area contributed by atoms with Crippen LogP contribution in [-0.2, 0) is 67.1 Å². The zero-order valence-electron chi connectivity index (χ0n) is 33.1. The third-order valence-electron chi connectivity index (χ3n) is 8.99. The second kappa shape index (κ2) is 24.3. The molecule has 3 aliphatic heterocycles. The highest BCUT2D eigenvalue weighted by atomic mass is 16.7. The highest BCUT2D eigenvalue weighted by Gasteiger charge is 2.30. The molecule has 0 unspecified atom stereocenters. The summed E-state index contributed by atoms with van der Waals surface area (Å²) in [7, 11) is 0. The first-order valence-electron chi connectivity index (χ1n) is 18.7. The number of aryl methyl sites for hydroxylation is 4. The molecule has 0 aromatic heterocycles. The average molecular weight is 812 g/mol. The smallest absolute Gasteiger partial charge is 0.333 e. The minimum Gasteiger partial charge on any atom is -0.425 e. The summed E-state index contributed by atoms with van der Waals surface area (Å²) in [4.78, 5) is 95.5. The van der Waals surface area contributed by atoms with Crippen LogP contribution >= 0.6 is 0 Å². The molecule has 59 heavy (non-hydrogen) atoms. The van der Waals surface area contributed by atoms with Crippen molar-refractivity contribution in [1.29, 1.82) is 0 Å². The van der Waals surface area contributed by atoms with Crippen LogP contribution in [0.5, 0.6) is 0 Å². The molecule has 0 atom stereocenters. The fraction of sp³-hybridized carbons (Fsp3) is 0.348. The van der Waals surface area contributed by atoms with E-state index < -0.39 is 18.7 Å². The molecule has 0 spiro atoms. The summed E-state index contributed by atoms with van der Waals surface area (Å²) >= 11 is 0. The standard InChI is InChI=1S/C27H26N2O4.C10H15NO2.C7H8O4.2CH4/c1-5-20-14-18(11-16(3)26(20)28-22(30)7-8-23(28)31)13-19-12-17(4)27(21(6-2)15-19)29-24(32)9-10-25(29)33;1-2-3-4-5-8-11-9(12)6-7-10(11)13;1-3-6(8)10-5-11-7(9)4-2;;/h7-12,14-15H,5-6,13H2,1-4H3;6-7H,2-5,8H2,1H3;3-4H,1-2,5H2;2*1H4. The fourth-order valence-electron chi connectivity index (χ4n) is 6.34. The maximum absolute atomic E-state index is 12.2. The van der Waals surface area contributed by atoms with Gasteiger partial charge in [-0.15, -0.1) is 0 Å². The molecule has 316 valence electrons. The molecule has 0 saturated carbocycles. The Balaban J connectivity index is 0.000000553. The molecule has 13 nitrogen and oxygen atoms in total. The van der Waals surface area contributed by atoms with Crippen LogP contribution in [0, 0.1) is 13.8 Å². The van der Waals surface area contributed by atoms with Crippen LogP contribution in [0.25, 0.3) is 0 Å². The number of benzene rings is 2. The number of amides is 6. The number of hydrogen-bond donors (Lipinski definition) is 0. The molecule has 3 aliphatic rings. The number of carbonyl (C=O) groups excluding carboxylic acids is 8. The van der Waals surface area contributed by atoms with Gasteiger partial charge in [0.2, 0.25) is 6.79 Å². The van der Waals surface area contributed by atoms with Gasteiger partial charge in [0.15, 0.2) is 0 Å². The summed E-state index contributed by atoms with van der Waals surface area (Å²) in [5.41, 5.74) is 7.11. The fourth-order valence-corrected chi connectivity index (χ4v) is 6.34. The third-order valence-corrected chi connectivity index (χ3v) is 8.99. The minimum absolute atomic E-state index is 0. The van der Waals surface area contributed by atoms with Crippen molar-refractivity contribution < 1.29 is 47.8 Å². The number of nitrogens with zero attached hydrogens (tertiary/aromatic N) is 3. The van der Waals surface area contributed by atoms with Crippen molar-refractivity contribution in [2.75, 3.05) is 23.1 Å². The molecule has 0 radical (unpaired) electrons. The van der Waals surface area contributed by atoms with Gasteiger partial charge in [0.05, 0.1) is 11.4 Å². The maximum Gasteiger partial charge on any atom is 0.333 e. The highest BCUT2D eigenvalue weighted by Crippen LogP contribution is 2.33. The lowest BCUT2D eigenvalue weighted by Gasteiger charge is -2.23. The van der Waals surface area contributed by atoms with Gasteiger partial charge < -0.3 is 9.47 Å². The van der Waals surface area contributed by atoms with Crippen LogP contribution in [0.3, 0.4) is 0 Å². The van der Waals surface area contributed by atoms with Gasteiger partial charge in [-0.2, -0.15) is 0 Å². The number of rotatable bonds is 15. The van der Waals surface area contributed by atoms with E-state index in [2.05, 4.69) is 29.6 Å². The van der Waals surface area contributed by atoms with Crippen molar-refractivity contribution in [3.05, 3.63) is 119 Å². The lowest BCUT2D eigenvalue weighted by molar-refractivity contribution is -0.160. The summed E-state index contributed by atoms with van der Waals surface area (Å²) in [5, 5.41) is 0. The quantitative estimate of drug-likeness (QED) is 0.0599. The topological polar surface area (TPSA) is 165 Å². The molecule has 0 saturated heterocycles. The third kappa shape index (κ3) is 13.6. The predicted octanol–water partition coefficient (Wildman–Crippen LogP) is 7.04. The van der Waals surface area contributed by atoms with E-state index in [1.165, 1.54) is 64.0 Å². The minimum atomic E-state index is -0.637. The molecule has 0 bridgehead atoms. The number of unbranched alkanes of at least 4 members (excludes halogenated alkanes) is 3. The number of anilines is 2. The van der Waals surface area contributed by atoms with Crippen molar-refractivity contribution in [3.63, 3.8) is 0 Å².